The number of carbonyl (C=O) groups is 1. The van der Waals surface area contributed by atoms with Crippen LogP contribution in [-0.2, 0) is 11.3 Å². The molecule has 2 aromatic rings. The van der Waals surface area contributed by atoms with Gasteiger partial charge in [0.15, 0.2) is 0 Å². The van der Waals surface area contributed by atoms with Crippen molar-refractivity contribution < 1.29 is 4.79 Å². The molecule has 7 heteroatoms. The molecular weight excluding hydrogens is 405 g/mol. The molecule has 0 aliphatic carbocycles. The van der Waals surface area contributed by atoms with Gasteiger partial charge < -0.3 is 0 Å². The highest BCUT2D eigenvalue weighted by Gasteiger charge is 2.24. The predicted octanol–water partition coefficient (Wildman–Crippen LogP) is 5.01. The number of hydrazone groups is 1. The van der Waals surface area contributed by atoms with Crippen molar-refractivity contribution in [2.24, 2.45) is 11.0 Å². The molecule has 0 radical (unpaired) electrons. The molecule has 0 aromatic heterocycles. The number of benzene rings is 2. The Morgan fingerprint density at radius 3 is 2.41 bits per heavy atom. The molecule has 0 saturated carbocycles. The fraction of sp³-hybridized carbons (Fsp3) is 0.300. The minimum Gasteiger partial charge on any atom is -0.299 e. The SMILES string of the molecule is O=C(N/N=C\c1ccc(Cl)cc1Cl)C1CCN(Cc2ccc(Cl)cc2)CC1. The average Bonchev–Trinajstić information content (AvgIpc) is 2.66. The van der Waals surface area contributed by atoms with Crippen LogP contribution in [0.4, 0.5) is 0 Å². The number of piperidine rings is 1. The van der Waals surface area contributed by atoms with Gasteiger partial charge in [0.05, 0.1) is 11.2 Å². The van der Waals surface area contributed by atoms with E-state index in [4.69, 9.17) is 34.8 Å². The Kier molecular flexibility index (Phi) is 7.13. The van der Waals surface area contributed by atoms with Crippen molar-refractivity contribution in [3.8, 4) is 0 Å². The summed E-state index contributed by atoms with van der Waals surface area (Å²) in [5.41, 5.74) is 4.56. The van der Waals surface area contributed by atoms with Crippen molar-refractivity contribution in [1.82, 2.24) is 10.3 Å². The van der Waals surface area contributed by atoms with Crippen molar-refractivity contribution >= 4 is 46.9 Å². The second kappa shape index (κ2) is 9.56. The molecule has 0 spiro atoms. The monoisotopic (exact) mass is 423 g/mol. The summed E-state index contributed by atoms with van der Waals surface area (Å²) < 4.78 is 0. The molecular formula is C20H20Cl3N3O. The first-order chi connectivity index (χ1) is 13.0. The average molecular weight is 425 g/mol. The number of amides is 1. The van der Waals surface area contributed by atoms with E-state index >= 15 is 0 Å². The first kappa shape index (κ1) is 20.2. The molecule has 1 amide bonds. The van der Waals surface area contributed by atoms with Crippen molar-refractivity contribution in [2.75, 3.05) is 13.1 Å². The molecule has 0 atom stereocenters. The Bertz CT molecular complexity index is 816. The van der Waals surface area contributed by atoms with Crippen molar-refractivity contribution in [3.63, 3.8) is 0 Å². The summed E-state index contributed by atoms with van der Waals surface area (Å²) in [6.07, 6.45) is 3.17. The number of nitrogens with zero attached hydrogens (tertiary/aromatic N) is 2. The van der Waals surface area contributed by atoms with Gasteiger partial charge in [0.1, 0.15) is 0 Å². The minimum absolute atomic E-state index is 0.0238. The van der Waals surface area contributed by atoms with Crippen LogP contribution in [0.1, 0.15) is 24.0 Å². The first-order valence-electron chi connectivity index (χ1n) is 8.76. The van der Waals surface area contributed by atoms with E-state index in [1.54, 1.807) is 18.2 Å². The molecule has 1 saturated heterocycles. The van der Waals surface area contributed by atoms with Gasteiger partial charge in [0.2, 0.25) is 5.91 Å². The zero-order valence-electron chi connectivity index (χ0n) is 14.7. The molecule has 1 aliphatic heterocycles. The smallest absolute Gasteiger partial charge is 0.243 e. The highest BCUT2D eigenvalue weighted by Crippen LogP contribution is 2.21. The quantitative estimate of drug-likeness (QED) is 0.542. The molecule has 142 valence electrons. The summed E-state index contributed by atoms with van der Waals surface area (Å²) in [7, 11) is 0. The van der Waals surface area contributed by atoms with Crippen molar-refractivity contribution in [3.05, 3.63) is 68.7 Å². The number of halogens is 3. The van der Waals surface area contributed by atoms with Crippen molar-refractivity contribution in [1.29, 1.82) is 0 Å². The molecule has 1 fully saturated rings. The first-order valence-corrected chi connectivity index (χ1v) is 9.89. The zero-order valence-corrected chi connectivity index (χ0v) is 16.9. The third-order valence-corrected chi connectivity index (χ3v) is 5.43. The third-order valence-electron chi connectivity index (χ3n) is 4.62. The Labute approximate surface area is 174 Å². The number of rotatable bonds is 5. The maximum absolute atomic E-state index is 12.3. The topological polar surface area (TPSA) is 44.7 Å². The number of likely N-dealkylation sites (tertiary alicyclic amines) is 1. The normalized spacial score (nSPS) is 16.0. The number of hydrogen-bond acceptors (Lipinski definition) is 3. The highest BCUT2D eigenvalue weighted by atomic mass is 35.5. The van der Waals surface area contributed by atoms with E-state index in [1.807, 2.05) is 24.3 Å². The van der Waals surface area contributed by atoms with Crippen LogP contribution in [-0.4, -0.2) is 30.1 Å². The summed E-state index contributed by atoms with van der Waals surface area (Å²) in [5.74, 6) is -0.0770. The summed E-state index contributed by atoms with van der Waals surface area (Å²) >= 11 is 17.9. The van der Waals surface area contributed by atoms with Gasteiger partial charge in [-0.25, -0.2) is 5.43 Å². The Morgan fingerprint density at radius 2 is 1.74 bits per heavy atom. The summed E-state index contributed by atoms with van der Waals surface area (Å²) in [5, 5.41) is 5.83. The van der Waals surface area contributed by atoms with E-state index in [-0.39, 0.29) is 11.8 Å². The van der Waals surface area contributed by atoms with Crippen LogP contribution in [0.5, 0.6) is 0 Å². The molecule has 4 nitrogen and oxygen atoms in total. The Hall–Kier alpha value is -1.59. The second-order valence-corrected chi connectivity index (χ2v) is 7.86. The van der Waals surface area contributed by atoms with Crippen LogP contribution in [0.3, 0.4) is 0 Å². The molecule has 0 unspecified atom stereocenters. The van der Waals surface area contributed by atoms with E-state index in [0.717, 1.165) is 37.5 Å². The van der Waals surface area contributed by atoms with Gasteiger partial charge in [-0.2, -0.15) is 5.10 Å². The second-order valence-electron chi connectivity index (χ2n) is 6.58. The molecule has 1 aliphatic rings. The lowest BCUT2D eigenvalue weighted by Crippen LogP contribution is -2.39. The molecule has 27 heavy (non-hydrogen) atoms. The van der Waals surface area contributed by atoms with Gasteiger partial charge in [-0.1, -0.05) is 53.0 Å². The van der Waals surface area contributed by atoms with E-state index in [9.17, 15) is 4.79 Å². The fourth-order valence-electron chi connectivity index (χ4n) is 3.06. The maximum atomic E-state index is 12.3. The summed E-state index contributed by atoms with van der Waals surface area (Å²) in [4.78, 5) is 14.7. The molecule has 3 rings (SSSR count). The lowest BCUT2D eigenvalue weighted by molar-refractivity contribution is -0.126. The summed E-state index contributed by atoms with van der Waals surface area (Å²) in [6.45, 7) is 2.64. The van der Waals surface area contributed by atoms with Gasteiger partial charge in [0.25, 0.3) is 0 Å². The lowest BCUT2D eigenvalue weighted by Gasteiger charge is -2.30. The van der Waals surface area contributed by atoms with Crippen molar-refractivity contribution in [2.45, 2.75) is 19.4 Å². The number of nitrogens with one attached hydrogen (secondary N) is 1. The van der Waals surface area contributed by atoms with Crippen LogP contribution in [0, 0.1) is 5.92 Å². The van der Waals surface area contributed by atoms with Crippen LogP contribution < -0.4 is 5.43 Å². The standard InChI is InChI=1S/C20H20Cl3N3O/c21-17-4-1-14(2-5-17)13-26-9-7-15(8-10-26)20(27)25-24-12-16-3-6-18(22)11-19(16)23/h1-6,11-12,15H,7-10,13H2,(H,25,27)/b24-12-. The zero-order chi connectivity index (χ0) is 19.2. The molecule has 1 heterocycles. The Balaban J connectivity index is 1.45. The van der Waals surface area contributed by atoms with Crippen LogP contribution in [0.2, 0.25) is 15.1 Å². The van der Waals surface area contributed by atoms with Crippen LogP contribution >= 0.6 is 34.8 Å². The van der Waals surface area contributed by atoms with E-state index < -0.39 is 0 Å². The lowest BCUT2D eigenvalue weighted by atomic mass is 9.96. The Morgan fingerprint density at radius 1 is 1.07 bits per heavy atom. The van der Waals surface area contributed by atoms with Crippen LogP contribution in [0.25, 0.3) is 0 Å². The largest absolute Gasteiger partial charge is 0.299 e. The highest BCUT2D eigenvalue weighted by molar-refractivity contribution is 6.36. The van der Waals surface area contributed by atoms with Gasteiger partial charge >= 0.3 is 0 Å². The molecule has 0 bridgehead atoms. The van der Waals surface area contributed by atoms with Gasteiger partial charge in [0, 0.05) is 28.1 Å². The van der Waals surface area contributed by atoms with Gasteiger partial charge in [-0.15, -0.1) is 0 Å². The third kappa shape index (κ3) is 5.94. The summed E-state index contributed by atoms with van der Waals surface area (Å²) in [6, 6.07) is 13.0. The number of carbonyl (C=O) groups excluding carboxylic acids is 1. The van der Waals surface area contributed by atoms with E-state index in [1.165, 1.54) is 11.8 Å². The van der Waals surface area contributed by atoms with E-state index in [2.05, 4.69) is 15.4 Å². The molecule has 2 aromatic carbocycles. The fourth-order valence-corrected chi connectivity index (χ4v) is 3.65. The van der Waals surface area contributed by atoms with Gasteiger partial charge in [-0.05, 0) is 55.8 Å². The van der Waals surface area contributed by atoms with Gasteiger partial charge in [-0.3, -0.25) is 9.69 Å². The van der Waals surface area contributed by atoms with E-state index in [0.29, 0.717) is 15.6 Å². The maximum Gasteiger partial charge on any atom is 0.243 e. The molecule has 1 N–H and O–H groups in total. The minimum atomic E-state index is -0.0533. The van der Waals surface area contributed by atoms with Crippen LogP contribution in [0.15, 0.2) is 47.6 Å². The number of hydrogen-bond donors (Lipinski definition) is 1. The predicted molar refractivity (Wildman–Crippen MR) is 112 cm³/mol.